The third-order valence-electron chi connectivity index (χ3n) is 4.24. The van der Waals surface area contributed by atoms with E-state index in [0.717, 1.165) is 43.6 Å². The highest BCUT2D eigenvalue weighted by atomic mass is 16.4. The van der Waals surface area contributed by atoms with Gasteiger partial charge in [-0.15, -0.1) is 10.2 Å². The van der Waals surface area contributed by atoms with Crippen molar-refractivity contribution in [3.63, 3.8) is 0 Å². The summed E-state index contributed by atoms with van der Waals surface area (Å²) < 4.78 is 7.68. The monoisotopic (exact) mass is 304 g/mol. The van der Waals surface area contributed by atoms with Crippen LogP contribution in [0.1, 0.15) is 49.6 Å². The highest BCUT2D eigenvalue weighted by molar-refractivity contribution is 4.90. The molecule has 0 N–H and O–H groups in total. The molecule has 0 radical (unpaired) electrons. The SMILES string of the molecule is CCc1nnc(CN2CCCC[C@@H]2Cn2nc(C)nc2C)o1. The number of aromatic nitrogens is 5. The van der Waals surface area contributed by atoms with Crippen molar-refractivity contribution in [2.75, 3.05) is 6.54 Å². The molecule has 2 aromatic rings. The predicted octanol–water partition coefficient (Wildman–Crippen LogP) is 1.90. The molecule has 0 bridgehead atoms. The van der Waals surface area contributed by atoms with Crippen LogP contribution >= 0.6 is 0 Å². The number of aryl methyl sites for hydroxylation is 3. The molecular weight excluding hydrogens is 280 g/mol. The molecule has 1 atom stereocenters. The van der Waals surface area contributed by atoms with Crippen molar-refractivity contribution in [1.82, 2.24) is 29.9 Å². The Morgan fingerprint density at radius 3 is 2.68 bits per heavy atom. The fourth-order valence-electron chi connectivity index (χ4n) is 3.08. The lowest BCUT2D eigenvalue weighted by molar-refractivity contribution is 0.110. The van der Waals surface area contributed by atoms with Gasteiger partial charge in [-0.3, -0.25) is 4.90 Å². The minimum absolute atomic E-state index is 0.450. The summed E-state index contributed by atoms with van der Waals surface area (Å²) >= 11 is 0. The Labute approximate surface area is 130 Å². The fourth-order valence-corrected chi connectivity index (χ4v) is 3.08. The van der Waals surface area contributed by atoms with Crippen molar-refractivity contribution in [2.45, 2.75) is 65.6 Å². The van der Waals surface area contributed by atoms with Crippen LogP contribution in [0.25, 0.3) is 0 Å². The van der Waals surface area contributed by atoms with Crippen LogP contribution in [0.2, 0.25) is 0 Å². The maximum absolute atomic E-state index is 5.66. The van der Waals surface area contributed by atoms with E-state index in [1.54, 1.807) is 0 Å². The van der Waals surface area contributed by atoms with E-state index in [4.69, 9.17) is 4.42 Å². The minimum Gasteiger partial charge on any atom is -0.424 e. The van der Waals surface area contributed by atoms with Crippen molar-refractivity contribution in [2.24, 2.45) is 0 Å². The zero-order chi connectivity index (χ0) is 15.5. The Balaban J connectivity index is 1.69. The molecule has 7 heteroatoms. The Bertz CT molecular complexity index is 619. The van der Waals surface area contributed by atoms with Crippen LogP contribution in [0.15, 0.2) is 4.42 Å². The van der Waals surface area contributed by atoms with Gasteiger partial charge in [-0.05, 0) is 33.2 Å². The first-order valence-electron chi connectivity index (χ1n) is 8.09. The highest BCUT2D eigenvalue weighted by Crippen LogP contribution is 2.21. The molecule has 7 nitrogen and oxygen atoms in total. The number of piperidine rings is 1. The second kappa shape index (κ2) is 6.56. The molecule has 0 aromatic carbocycles. The first-order chi connectivity index (χ1) is 10.7. The quantitative estimate of drug-likeness (QED) is 0.840. The molecule has 3 heterocycles. The van der Waals surface area contributed by atoms with Crippen molar-refractivity contribution >= 4 is 0 Å². The van der Waals surface area contributed by atoms with Gasteiger partial charge in [0, 0.05) is 12.5 Å². The average molecular weight is 304 g/mol. The Kier molecular flexibility index (Phi) is 4.52. The van der Waals surface area contributed by atoms with E-state index in [-0.39, 0.29) is 0 Å². The fraction of sp³-hybridized carbons (Fsp3) is 0.733. The molecule has 0 amide bonds. The molecule has 0 spiro atoms. The molecule has 3 rings (SSSR count). The van der Waals surface area contributed by atoms with Crippen LogP contribution in [-0.2, 0) is 19.5 Å². The van der Waals surface area contributed by atoms with E-state index in [0.29, 0.717) is 11.9 Å². The van der Waals surface area contributed by atoms with Gasteiger partial charge in [0.1, 0.15) is 11.6 Å². The van der Waals surface area contributed by atoms with Crippen molar-refractivity contribution < 1.29 is 4.42 Å². The van der Waals surface area contributed by atoms with Crippen LogP contribution in [0.3, 0.4) is 0 Å². The lowest BCUT2D eigenvalue weighted by atomic mass is 10.0. The van der Waals surface area contributed by atoms with Crippen LogP contribution in [-0.4, -0.2) is 42.4 Å². The van der Waals surface area contributed by atoms with E-state index >= 15 is 0 Å². The van der Waals surface area contributed by atoms with Gasteiger partial charge in [0.2, 0.25) is 11.8 Å². The molecule has 1 aliphatic rings. The van der Waals surface area contributed by atoms with Gasteiger partial charge in [-0.25, -0.2) is 9.67 Å². The number of likely N-dealkylation sites (tertiary alicyclic amines) is 1. The Morgan fingerprint density at radius 2 is 2.00 bits per heavy atom. The van der Waals surface area contributed by atoms with Crippen molar-refractivity contribution in [1.29, 1.82) is 0 Å². The summed E-state index contributed by atoms with van der Waals surface area (Å²) in [6.07, 6.45) is 4.44. The summed E-state index contributed by atoms with van der Waals surface area (Å²) in [6, 6.07) is 0.450. The van der Waals surface area contributed by atoms with Crippen molar-refractivity contribution in [3.8, 4) is 0 Å². The maximum Gasteiger partial charge on any atom is 0.230 e. The normalized spacial score (nSPS) is 19.7. The third kappa shape index (κ3) is 3.35. The summed E-state index contributed by atoms with van der Waals surface area (Å²) in [5.74, 6) is 3.25. The smallest absolute Gasteiger partial charge is 0.230 e. The van der Waals surface area contributed by atoms with Gasteiger partial charge in [0.05, 0.1) is 13.1 Å². The highest BCUT2D eigenvalue weighted by Gasteiger charge is 2.25. The van der Waals surface area contributed by atoms with Gasteiger partial charge in [0.25, 0.3) is 0 Å². The van der Waals surface area contributed by atoms with E-state index in [1.165, 1.54) is 19.3 Å². The van der Waals surface area contributed by atoms with Gasteiger partial charge >= 0.3 is 0 Å². The van der Waals surface area contributed by atoms with Crippen LogP contribution in [0.5, 0.6) is 0 Å². The molecule has 0 unspecified atom stereocenters. The molecule has 1 fully saturated rings. The summed E-state index contributed by atoms with van der Waals surface area (Å²) in [6.45, 7) is 8.65. The Hall–Kier alpha value is -1.76. The number of hydrogen-bond donors (Lipinski definition) is 0. The maximum atomic E-state index is 5.66. The van der Waals surface area contributed by atoms with Gasteiger partial charge in [-0.2, -0.15) is 5.10 Å². The number of rotatable bonds is 5. The molecular formula is C15H24N6O. The van der Waals surface area contributed by atoms with Gasteiger partial charge < -0.3 is 4.42 Å². The second-order valence-electron chi connectivity index (χ2n) is 5.95. The summed E-state index contributed by atoms with van der Waals surface area (Å²) in [4.78, 5) is 6.83. The topological polar surface area (TPSA) is 72.9 Å². The first kappa shape index (κ1) is 15.1. The Morgan fingerprint density at radius 1 is 1.18 bits per heavy atom. The van der Waals surface area contributed by atoms with Gasteiger partial charge in [-0.1, -0.05) is 13.3 Å². The lowest BCUT2D eigenvalue weighted by Crippen LogP contribution is -2.42. The van der Waals surface area contributed by atoms with E-state index in [1.807, 2.05) is 25.5 Å². The summed E-state index contributed by atoms with van der Waals surface area (Å²) in [5.41, 5.74) is 0. The van der Waals surface area contributed by atoms with Gasteiger partial charge in [0.15, 0.2) is 0 Å². The molecule has 1 aliphatic heterocycles. The molecule has 0 saturated carbocycles. The molecule has 0 aliphatic carbocycles. The zero-order valence-corrected chi connectivity index (χ0v) is 13.6. The van der Waals surface area contributed by atoms with Crippen molar-refractivity contribution in [3.05, 3.63) is 23.4 Å². The zero-order valence-electron chi connectivity index (χ0n) is 13.6. The minimum atomic E-state index is 0.450. The van der Waals surface area contributed by atoms with E-state index in [2.05, 4.69) is 25.2 Å². The third-order valence-corrected chi connectivity index (χ3v) is 4.24. The van der Waals surface area contributed by atoms with Crippen LogP contribution in [0, 0.1) is 13.8 Å². The first-order valence-corrected chi connectivity index (χ1v) is 8.09. The summed E-state index contributed by atoms with van der Waals surface area (Å²) in [7, 11) is 0. The van der Waals surface area contributed by atoms with Crippen LogP contribution in [0.4, 0.5) is 0 Å². The second-order valence-corrected chi connectivity index (χ2v) is 5.95. The van der Waals surface area contributed by atoms with Crippen LogP contribution < -0.4 is 0 Å². The molecule has 2 aromatic heterocycles. The molecule has 1 saturated heterocycles. The molecule has 22 heavy (non-hydrogen) atoms. The van der Waals surface area contributed by atoms with E-state index in [9.17, 15) is 0 Å². The molecule has 120 valence electrons. The standard InChI is InChI=1S/C15H24N6O/c1-4-14-17-18-15(22-14)10-20-8-6-5-7-13(20)9-21-12(3)16-11(2)19-21/h13H,4-10H2,1-3H3/t13-/m1/s1. The lowest BCUT2D eigenvalue weighted by Gasteiger charge is -2.34. The predicted molar refractivity (Wildman–Crippen MR) is 81.2 cm³/mol. The average Bonchev–Trinajstić information content (AvgIpc) is 3.08. The summed E-state index contributed by atoms with van der Waals surface area (Å²) in [5, 5.41) is 12.7. The number of nitrogens with zero attached hydrogens (tertiary/aromatic N) is 6. The largest absolute Gasteiger partial charge is 0.424 e. The van der Waals surface area contributed by atoms with E-state index < -0.39 is 0 Å². The number of hydrogen-bond acceptors (Lipinski definition) is 6.